The van der Waals surface area contributed by atoms with Crippen molar-refractivity contribution in [2.24, 2.45) is 5.10 Å². The number of carbonyl (C=O) groups is 2. The van der Waals surface area contributed by atoms with Gasteiger partial charge in [0.25, 0.3) is 0 Å². The van der Waals surface area contributed by atoms with E-state index in [0.717, 1.165) is 27.3 Å². The fourth-order valence-corrected chi connectivity index (χ4v) is 3.75. The molecule has 0 spiro atoms. The smallest absolute Gasteiger partial charge is 0.241 e. The van der Waals surface area contributed by atoms with Crippen LogP contribution in [0.5, 0.6) is 0 Å². The summed E-state index contributed by atoms with van der Waals surface area (Å²) in [7, 11) is 0. The van der Waals surface area contributed by atoms with Gasteiger partial charge in [-0.3, -0.25) is 9.59 Å². The maximum Gasteiger partial charge on any atom is 0.241 e. The van der Waals surface area contributed by atoms with Crippen LogP contribution in [0.1, 0.15) is 23.1 Å². The van der Waals surface area contributed by atoms with Crippen molar-refractivity contribution >= 4 is 35.5 Å². The molecule has 128 valence electrons. The molecule has 1 aliphatic rings. The van der Waals surface area contributed by atoms with E-state index in [4.69, 9.17) is 0 Å². The molecule has 2 aromatic carbocycles. The van der Waals surface area contributed by atoms with Crippen molar-refractivity contribution < 1.29 is 9.59 Å². The molecular formula is C19H19N3O2S. The number of hydrogen-bond acceptors (Lipinski definition) is 4. The molecule has 5 nitrogen and oxygen atoms in total. The van der Waals surface area contributed by atoms with Crippen molar-refractivity contribution in [1.29, 1.82) is 0 Å². The van der Waals surface area contributed by atoms with Crippen LogP contribution in [-0.2, 0) is 9.59 Å². The number of carbonyl (C=O) groups excluding carboxylic acids is 2. The van der Waals surface area contributed by atoms with E-state index in [1.54, 1.807) is 6.21 Å². The third-order valence-electron chi connectivity index (χ3n) is 4.00. The Kier molecular flexibility index (Phi) is 5.19. The van der Waals surface area contributed by atoms with Crippen LogP contribution in [0.4, 0.5) is 5.69 Å². The molecule has 0 radical (unpaired) electrons. The molecule has 1 aliphatic heterocycles. The summed E-state index contributed by atoms with van der Waals surface area (Å²) in [5, 5.41) is 6.41. The molecule has 0 saturated heterocycles. The first-order valence-electron chi connectivity index (χ1n) is 7.99. The maximum atomic E-state index is 12.1. The average molecular weight is 353 g/mol. The van der Waals surface area contributed by atoms with Crippen LogP contribution in [0.25, 0.3) is 0 Å². The predicted octanol–water partition coefficient (Wildman–Crippen LogP) is 3.26. The highest BCUT2D eigenvalue weighted by Gasteiger charge is 2.28. The molecule has 1 atom stereocenters. The molecule has 1 heterocycles. The van der Waals surface area contributed by atoms with Crippen LogP contribution in [0.15, 0.2) is 52.5 Å². The first-order chi connectivity index (χ1) is 12.0. The minimum Gasteiger partial charge on any atom is -0.324 e. The predicted molar refractivity (Wildman–Crippen MR) is 101 cm³/mol. The molecule has 2 aromatic rings. The summed E-state index contributed by atoms with van der Waals surface area (Å²) >= 11 is 1.40. The summed E-state index contributed by atoms with van der Waals surface area (Å²) in [6.07, 6.45) is 1.72. The van der Waals surface area contributed by atoms with Crippen LogP contribution in [0, 0.1) is 13.8 Å². The van der Waals surface area contributed by atoms with E-state index in [1.165, 1.54) is 11.8 Å². The lowest BCUT2D eigenvalue weighted by molar-refractivity contribution is -0.124. The number of hydrogen-bond donors (Lipinski definition) is 2. The normalized spacial score (nSPS) is 16.4. The molecule has 0 fully saturated rings. The monoisotopic (exact) mass is 353 g/mol. The summed E-state index contributed by atoms with van der Waals surface area (Å²) in [6.45, 7) is 3.99. The Balaban J connectivity index is 1.60. The second kappa shape index (κ2) is 7.53. The van der Waals surface area contributed by atoms with Crippen molar-refractivity contribution in [1.82, 2.24) is 5.43 Å². The van der Waals surface area contributed by atoms with E-state index in [9.17, 15) is 9.59 Å². The van der Waals surface area contributed by atoms with Crippen molar-refractivity contribution in [3.63, 3.8) is 0 Å². The first-order valence-corrected chi connectivity index (χ1v) is 8.87. The number of nitrogens with zero attached hydrogens (tertiary/aromatic N) is 1. The van der Waals surface area contributed by atoms with Crippen LogP contribution < -0.4 is 10.7 Å². The number of aryl methyl sites for hydroxylation is 2. The lowest BCUT2D eigenvalue weighted by Crippen LogP contribution is -2.33. The highest BCUT2D eigenvalue weighted by molar-refractivity contribution is 8.01. The average Bonchev–Trinajstić information content (AvgIpc) is 2.58. The number of rotatable bonds is 4. The van der Waals surface area contributed by atoms with Crippen LogP contribution in [0.2, 0.25) is 0 Å². The van der Waals surface area contributed by atoms with Crippen LogP contribution >= 0.6 is 11.8 Å². The zero-order valence-electron chi connectivity index (χ0n) is 14.1. The summed E-state index contributed by atoms with van der Waals surface area (Å²) in [5.41, 5.74) is 6.48. The minimum atomic E-state index is -0.453. The van der Waals surface area contributed by atoms with E-state index in [2.05, 4.69) is 15.8 Å². The molecule has 3 rings (SSSR count). The SMILES string of the molecule is Cc1cccc(C)c1C=NNC(=O)CC1Sc2ccccc2NC1=O. The number of hydrazone groups is 1. The molecule has 0 bridgehead atoms. The quantitative estimate of drug-likeness (QED) is 0.655. The van der Waals surface area contributed by atoms with E-state index in [0.29, 0.717) is 0 Å². The van der Waals surface area contributed by atoms with Gasteiger partial charge in [0.1, 0.15) is 0 Å². The maximum absolute atomic E-state index is 12.1. The Hall–Kier alpha value is -2.60. The van der Waals surface area contributed by atoms with Crippen LogP contribution in [0.3, 0.4) is 0 Å². The van der Waals surface area contributed by atoms with Crippen molar-refractivity contribution in [2.75, 3.05) is 5.32 Å². The Morgan fingerprint density at radius 2 is 1.92 bits per heavy atom. The van der Waals surface area contributed by atoms with Crippen molar-refractivity contribution in [3.8, 4) is 0 Å². The van der Waals surface area contributed by atoms with Gasteiger partial charge in [0.15, 0.2) is 0 Å². The highest BCUT2D eigenvalue weighted by Crippen LogP contribution is 2.36. The Labute approximate surface area is 150 Å². The van der Waals surface area contributed by atoms with Gasteiger partial charge in [0.05, 0.1) is 17.2 Å². The molecule has 1 unspecified atom stereocenters. The zero-order valence-corrected chi connectivity index (χ0v) is 14.9. The Bertz CT molecular complexity index is 828. The number of anilines is 1. The van der Waals surface area contributed by atoms with E-state index in [-0.39, 0.29) is 18.2 Å². The van der Waals surface area contributed by atoms with E-state index >= 15 is 0 Å². The summed E-state index contributed by atoms with van der Waals surface area (Å²) in [6, 6.07) is 13.5. The highest BCUT2D eigenvalue weighted by atomic mass is 32.2. The lowest BCUT2D eigenvalue weighted by Gasteiger charge is -2.23. The third kappa shape index (κ3) is 4.09. The zero-order chi connectivity index (χ0) is 17.8. The van der Waals surface area contributed by atoms with E-state index < -0.39 is 5.25 Å². The second-order valence-electron chi connectivity index (χ2n) is 5.89. The number of nitrogens with one attached hydrogen (secondary N) is 2. The standard InChI is InChI=1S/C19H19N3O2S/c1-12-6-5-7-13(2)14(12)11-20-22-18(23)10-17-19(24)21-15-8-3-4-9-16(15)25-17/h3-9,11,17H,10H2,1-2H3,(H,21,24)(H,22,23). The largest absolute Gasteiger partial charge is 0.324 e. The van der Waals surface area contributed by atoms with Gasteiger partial charge in [-0.05, 0) is 37.1 Å². The first kappa shape index (κ1) is 17.2. The number of para-hydroxylation sites is 1. The molecule has 25 heavy (non-hydrogen) atoms. The molecule has 0 aromatic heterocycles. The van der Waals surface area contributed by atoms with E-state index in [1.807, 2.05) is 56.3 Å². The summed E-state index contributed by atoms with van der Waals surface area (Å²) in [5.74, 6) is -0.438. The van der Waals surface area contributed by atoms with Crippen molar-refractivity contribution in [3.05, 3.63) is 59.2 Å². The van der Waals surface area contributed by atoms with Gasteiger partial charge in [-0.1, -0.05) is 30.3 Å². The molecule has 2 amide bonds. The van der Waals surface area contributed by atoms with Gasteiger partial charge >= 0.3 is 0 Å². The van der Waals surface area contributed by atoms with Gasteiger partial charge in [-0.15, -0.1) is 11.8 Å². The Morgan fingerprint density at radius 1 is 1.20 bits per heavy atom. The fraction of sp³-hybridized carbons (Fsp3) is 0.211. The lowest BCUT2D eigenvalue weighted by atomic mass is 10.0. The number of benzene rings is 2. The minimum absolute atomic E-state index is 0.0783. The van der Waals surface area contributed by atoms with Gasteiger partial charge in [0, 0.05) is 16.9 Å². The molecular weight excluding hydrogens is 334 g/mol. The van der Waals surface area contributed by atoms with Gasteiger partial charge < -0.3 is 5.32 Å². The summed E-state index contributed by atoms with van der Waals surface area (Å²) < 4.78 is 0. The topological polar surface area (TPSA) is 70.6 Å². The molecule has 0 saturated carbocycles. The van der Waals surface area contributed by atoms with Crippen LogP contribution in [-0.4, -0.2) is 23.3 Å². The molecule has 0 aliphatic carbocycles. The van der Waals surface area contributed by atoms with Gasteiger partial charge in [-0.25, -0.2) is 5.43 Å². The number of amides is 2. The molecule has 6 heteroatoms. The third-order valence-corrected chi connectivity index (χ3v) is 5.28. The summed E-state index contributed by atoms with van der Waals surface area (Å²) in [4.78, 5) is 25.2. The Morgan fingerprint density at radius 3 is 2.68 bits per heavy atom. The van der Waals surface area contributed by atoms with Gasteiger partial charge in [-0.2, -0.15) is 5.10 Å². The van der Waals surface area contributed by atoms with Crippen molar-refractivity contribution in [2.45, 2.75) is 30.4 Å². The number of fused-ring (bicyclic) bond motifs is 1. The van der Waals surface area contributed by atoms with Gasteiger partial charge in [0.2, 0.25) is 11.8 Å². The number of thioether (sulfide) groups is 1. The fourth-order valence-electron chi connectivity index (χ4n) is 2.64. The molecule has 2 N–H and O–H groups in total. The second-order valence-corrected chi connectivity index (χ2v) is 7.14.